The van der Waals surface area contributed by atoms with Crippen LogP contribution < -0.4 is 9.21 Å². The molecule has 1 amide bonds. The SMILES string of the molecule is O=C(c1cccc(S(=O)(=O)N2CCCc3ccccc32)c1)N1CCN(c2cccc(Cl)c2)CC1. The van der Waals surface area contributed by atoms with Gasteiger partial charge in [0.05, 0.1) is 10.6 Å². The molecule has 0 N–H and O–H groups in total. The number of carbonyl (C=O) groups excluding carboxylic acids is 1. The Bertz CT molecular complexity index is 1320. The van der Waals surface area contributed by atoms with Gasteiger partial charge in [-0.15, -0.1) is 0 Å². The number of piperazine rings is 1. The maximum absolute atomic E-state index is 13.5. The first-order valence-electron chi connectivity index (χ1n) is 11.4. The molecule has 2 heterocycles. The third kappa shape index (κ3) is 4.38. The number of nitrogens with zero attached hydrogens (tertiary/aromatic N) is 3. The van der Waals surface area contributed by atoms with Crippen molar-refractivity contribution >= 4 is 38.9 Å². The summed E-state index contributed by atoms with van der Waals surface area (Å²) in [5, 5.41) is 0.686. The zero-order valence-electron chi connectivity index (χ0n) is 18.7. The summed E-state index contributed by atoms with van der Waals surface area (Å²) in [6.45, 7) is 2.93. The second kappa shape index (κ2) is 9.31. The Balaban J connectivity index is 1.33. The van der Waals surface area contributed by atoms with Gasteiger partial charge in [-0.25, -0.2) is 8.42 Å². The van der Waals surface area contributed by atoms with E-state index in [-0.39, 0.29) is 10.8 Å². The van der Waals surface area contributed by atoms with E-state index in [1.807, 2.05) is 48.5 Å². The molecule has 0 unspecified atom stereocenters. The predicted octanol–water partition coefficient (Wildman–Crippen LogP) is 4.44. The number of hydrogen-bond acceptors (Lipinski definition) is 4. The van der Waals surface area contributed by atoms with Gasteiger partial charge in [0, 0.05) is 49.0 Å². The average molecular weight is 496 g/mol. The molecule has 0 saturated carbocycles. The fourth-order valence-corrected chi connectivity index (χ4v) is 6.46. The minimum Gasteiger partial charge on any atom is -0.368 e. The molecule has 3 aromatic rings. The maximum Gasteiger partial charge on any atom is 0.264 e. The predicted molar refractivity (Wildman–Crippen MR) is 135 cm³/mol. The number of halogens is 1. The fourth-order valence-electron chi connectivity index (χ4n) is 4.69. The number of sulfonamides is 1. The van der Waals surface area contributed by atoms with Crippen molar-refractivity contribution in [2.24, 2.45) is 0 Å². The molecule has 5 rings (SSSR count). The highest BCUT2D eigenvalue weighted by Gasteiger charge is 2.30. The van der Waals surface area contributed by atoms with Gasteiger partial charge in [-0.3, -0.25) is 9.10 Å². The number of anilines is 2. The van der Waals surface area contributed by atoms with Gasteiger partial charge in [0.15, 0.2) is 0 Å². The highest BCUT2D eigenvalue weighted by Crippen LogP contribution is 2.32. The molecule has 6 nitrogen and oxygen atoms in total. The van der Waals surface area contributed by atoms with Crippen LogP contribution in [0.2, 0.25) is 5.02 Å². The number of rotatable bonds is 4. The topological polar surface area (TPSA) is 60.9 Å². The standard InChI is InChI=1S/C26H26ClN3O3S/c27-22-9-4-10-23(19-22)28-14-16-29(17-15-28)26(31)21-7-3-11-24(18-21)34(32,33)30-13-5-8-20-6-1-2-12-25(20)30/h1-4,6-7,9-12,18-19H,5,8,13-17H2. The summed E-state index contributed by atoms with van der Waals surface area (Å²) >= 11 is 6.12. The Labute approximate surface area is 205 Å². The molecule has 176 valence electrons. The van der Waals surface area contributed by atoms with Gasteiger partial charge in [-0.05, 0) is 60.9 Å². The number of amides is 1. The van der Waals surface area contributed by atoms with Crippen molar-refractivity contribution in [1.82, 2.24) is 4.90 Å². The van der Waals surface area contributed by atoms with E-state index in [9.17, 15) is 13.2 Å². The lowest BCUT2D eigenvalue weighted by Crippen LogP contribution is -2.48. The van der Waals surface area contributed by atoms with Crippen LogP contribution >= 0.6 is 11.6 Å². The molecule has 0 radical (unpaired) electrons. The Kier molecular flexibility index (Phi) is 6.23. The summed E-state index contributed by atoms with van der Waals surface area (Å²) in [6, 6.07) is 21.7. The van der Waals surface area contributed by atoms with Gasteiger partial charge in [-0.1, -0.05) is 41.9 Å². The van der Waals surface area contributed by atoms with Gasteiger partial charge in [-0.2, -0.15) is 0 Å². The average Bonchev–Trinajstić information content (AvgIpc) is 2.88. The maximum atomic E-state index is 13.5. The van der Waals surface area contributed by atoms with Crippen molar-refractivity contribution in [2.75, 3.05) is 41.9 Å². The largest absolute Gasteiger partial charge is 0.368 e. The van der Waals surface area contributed by atoms with Crippen LogP contribution in [-0.4, -0.2) is 51.9 Å². The second-order valence-electron chi connectivity index (χ2n) is 8.60. The van der Waals surface area contributed by atoms with E-state index in [1.165, 1.54) is 10.4 Å². The lowest BCUT2D eigenvalue weighted by Gasteiger charge is -2.36. The van der Waals surface area contributed by atoms with Crippen LogP contribution in [0.5, 0.6) is 0 Å². The normalized spacial score (nSPS) is 16.3. The zero-order valence-corrected chi connectivity index (χ0v) is 20.3. The van der Waals surface area contributed by atoms with Gasteiger partial charge < -0.3 is 9.80 Å². The smallest absolute Gasteiger partial charge is 0.264 e. The van der Waals surface area contributed by atoms with Crippen LogP contribution in [0.15, 0.2) is 77.7 Å². The van der Waals surface area contributed by atoms with E-state index in [2.05, 4.69) is 4.90 Å². The summed E-state index contributed by atoms with van der Waals surface area (Å²) < 4.78 is 28.5. The molecule has 0 spiro atoms. The van der Waals surface area contributed by atoms with Crippen LogP contribution in [0.3, 0.4) is 0 Å². The van der Waals surface area contributed by atoms with Gasteiger partial charge in [0.1, 0.15) is 0 Å². The molecule has 0 bridgehead atoms. The number of para-hydroxylation sites is 1. The number of aryl methyl sites for hydroxylation is 1. The summed E-state index contributed by atoms with van der Waals surface area (Å²) in [6.07, 6.45) is 1.63. The molecule has 1 saturated heterocycles. The molecule has 0 aromatic heterocycles. The molecule has 2 aliphatic heterocycles. The van der Waals surface area contributed by atoms with E-state index in [1.54, 1.807) is 23.1 Å². The van der Waals surface area contributed by atoms with E-state index < -0.39 is 10.0 Å². The van der Waals surface area contributed by atoms with Gasteiger partial charge in [0.2, 0.25) is 0 Å². The molecule has 0 atom stereocenters. The van der Waals surface area contributed by atoms with Crippen LogP contribution in [0.4, 0.5) is 11.4 Å². The van der Waals surface area contributed by atoms with Crippen molar-refractivity contribution in [2.45, 2.75) is 17.7 Å². The third-order valence-corrected chi connectivity index (χ3v) is 8.52. The summed E-state index contributed by atoms with van der Waals surface area (Å²) in [7, 11) is -3.77. The Morgan fingerprint density at radius 3 is 2.38 bits per heavy atom. The molecular formula is C26H26ClN3O3S. The van der Waals surface area contributed by atoms with Crippen LogP contribution in [0, 0.1) is 0 Å². The third-order valence-electron chi connectivity index (χ3n) is 6.48. The molecule has 8 heteroatoms. The molecule has 0 aliphatic carbocycles. The van der Waals surface area contributed by atoms with Crippen molar-refractivity contribution in [3.8, 4) is 0 Å². The van der Waals surface area contributed by atoms with E-state index >= 15 is 0 Å². The quantitative estimate of drug-likeness (QED) is 0.536. The van der Waals surface area contributed by atoms with Crippen molar-refractivity contribution in [3.05, 3.63) is 88.9 Å². The number of carbonyl (C=O) groups is 1. The first-order valence-corrected chi connectivity index (χ1v) is 13.3. The highest BCUT2D eigenvalue weighted by molar-refractivity contribution is 7.92. The van der Waals surface area contributed by atoms with Crippen LogP contribution in [0.1, 0.15) is 22.3 Å². The van der Waals surface area contributed by atoms with Crippen molar-refractivity contribution in [1.29, 1.82) is 0 Å². The molecule has 3 aromatic carbocycles. The zero-order chi connectivity index (χ0) is 23.7. The first kappa shape index (κ1) is 22.7. The summed E-state index contributed by atoms with van der Waals surface area (Å²) in [5.41, 5.74) is 3.18. The Morgan fingerprint density at radius 1 is 0.824 bits per heavy atom. The Morgan fingerprint density at radius 2 is 1.59 bits per heavy atom. The highest BCUT2D eigenvalue weighted by atomic mass is 35.5. The number of fused-ring (bicyclic) bond motifs is 1. The van der Waals surface area contributed by atoms with E-state index in [0.29, 0.717) is 43.3 Å². The first-order chi connectivity index (χ1) is 16.4. The molecule has 34 heavy (non-hydrogen) atoms. The van der Waals surface area contributed by atoms with Gasteiger partial charge in [0.25, 0.3) is 15.9 Å². The van der Waals surface area contributed by atoms with E-state index in [0.717, 1.165) is 29.8 Å². The monoisotopic (exact) mass is 495 g/mol. The molecule has 1 fully saturated rings. The lowest BCUT2D eigenvalue weighted by molar-refractivity contribution is 0.0746. The summed E-state index contributed by atoms with van der Waals surface area (Å²) in [4.78, 5) is 17.4. The second-order valence-corrected chi connectivity index (χ2v) is 10.9. The summed E-state index contributed by atoms with van der Waals surface area (Å²) in [5.74, 6) is -0.151. The minimum absolute atomic E-state index is 0.146. The van der Waals surface area contributed by atoms with Crippen LogP contribution in [-0.2, 0) is 16.4 Å². The molecular weight excluding hydrogens is 470 g/mol. The Hall–Kier alpha value is -3.03. The number of hydrogen-bond donors (Lipinski definition) is 0. The molecule has 2 aliphatic rings. The van der Waals surface area contributed by atoms with Crippen molar-refractivity contribution in [3.63, 3.8) is 0 Å². The number of benzene rings is 3. The van der Waals surface area contributed by atoms with Crippen molar-refractivity contribution < 1.29 is 13.2 Å². The minimum atomic E-state index is -3.77. The van der Waals surface area contributed by atoms with Gasteiger partial charge >= 0.3 is 0 Å². The fraction of sp³-hybridized carbons (Fsp3) is 0.269. The lowest BCUT2D eigenvalue weighted by atomic mass is 10.0. The van der Waals surface area contributed by atoms with E-state index in [4.69, 9.17) is 11.6 Å². The van der Waals surface area contributed by atoms with Crippen LogP contribution in [0.25, 0.3) is 0 Å².